The van der Waals surface area contributed by atoms with Crippen LogP contribution in [0, 0.1) is 24.4 Å². The zero-order chi connectivity index (χ0) is 11.2. The molecule has 0 fully saturated rings. The van der Waals surface area contributed by atoms with Crippen molar-refractivity contribution in [2.45, 2.75) is 6.92 Å². The molecule has 0 saturated heterocycles. The van der Waals surface area contributed by atoms with Gasteiger partial charge >= 0.3 is 0 Å². The maximum atomic E-state index is 13.3. The van der Waals surface area contributed by atoms with Crippen LogP contribution >= 0.6 is 0 Å². The van der Waals surface area contributed by atoms with Crippen molar-refractivity contribution in [1.29, 1.82) is 0 Å². The van der Waals surface area contributed by atoms with Crippen LogP contribution < -0.4 is 5.73 Å². The molecule has 5 heteroatoms. The number of halogens is 3. The van der Waals surface area contributed by atoms with E-state index in [9.17, 15) is 13.2 Å². The summed E-state index contributed by atoms with van der Waals surface area (Å²) in [5.74, 6) is -3.24. The molecule has 2 aromatic rings. The topological polar surface area (TPSA) is 38.9 Å². The fourth-order valence-electron chi connectivity index (χ4n) is 1.34. The van der Waals surface area contributed by atoms with E-state index in [0.717, 1.165) is 0 Å². The number of anilines is 1. The number of pyridine rings is 1. The minimum atomic E-state index is -1.27. The number of benzene rings is 1. The first-order valence-electron chi connectivity index (χ1n) is 4.21. The maximum Gasteiger partial charge on any atom is 0.185 e. The van der Waals surface area contributed by atoms with Gasteiger partial charge in [-0.25, -0.2) is 18.2 Å². The van der Waals surface area contributed by atoms with Crippen molar-refractivity contribution < 1.29 is 13.2 Å². The lowest BCUT2D eigenvalue weighted by Crippen LogP contribution is -1.99. The number of nitrogens with zero attached hydrogens (tertiary/aromatic N) is 1. The van der Waals surface area contributed by atoms with Crippen molar-refractivity contribution in [3.05, 3.63) is 35.1 Å². The Bertz CT molecular complexity index is 552. The van der Waals surface area contributed by atoms with E-state index in [1.54, 1.807) is 6.92 Å². The minimum Gasteiger partial charge on any atom is -0.383 e. The molecule has 0 amide bonds. The van der Waals surface area contributed by atoms with Crippen molar-refractivity contribution in [2.24, 2.45) is 0 Å². The summed E-state index contributed by atoms with van der Waals surface area (Å²) < 4.78 is 39.3. The molecule has 1 aromatic heterocycles. The Morgan fingerprint density at radius 2 is 1.80 bits per heavy atom. The monoisotopic (exact) mass is 212 g/mol. The van der Waals surface area contributed by atoms with Gasteiger partial charge in [0, 0.05) is 11.5 Å². The summed E-state index contributed by atoms with van der Waals surface area (Å²) >= 11 is 0. The average molecular weight is 212 g/mol. The fourth-order valence-corrected chi connectivity index (χ4v) is 1.34. The van der Waals surface area contributed by atoms with Crippen molar-refractivity contribution >= 4 is 16.7 Å². The van der Waals surface area contributed by atoms with Crippen LogP contribution in [0.5, 0.6) is 0 Å². The molecule has 0 atom stereocenters. The van der Waals surface area contributed by atoms with E-state index in [1.165, 1.54) is 6.07 Å². The van der Waals surface area contributed by atoms with Gasteiger partial charge in [0.25, 0.3) is 0 Å². The molecular formula is C10H7F3N2. The second-order valence-corrected chi connectivity index (χ2v) is 3.24. The summed E-state index contributed by atoms with van der Waals surface area (Å²) in [5.41, 5.74) is 5.57. The molecular weight excluding hydrogens is 205 g/mol. The van der Waals surface area contributed by atoms with E-state index in [4.69, 9.17) is 5.73 Å². The summed E-state index contributed by atoms with van der Waals surface area (Å²) in [5, 5.41) is -0.0689. The molecule has 0 radical (unpaired) electrons. The Morgan fingerprint density at radius 1 is 1.13 bits per heavy atom. The Morgan fingerprint density at radius 3 is 2.47 bits per heavy atom. The minimum absolute atomic E-state index is 0.0615. The molecule has 15 heavy (non-hydrogen) atoms. The van der Waals surface area contributed by atoms with Gasteiger partial charge in [0.15, 0.2) is 11.6 Å². The first kappa shape index (κ1) is 9.76. The first-order chi connectivity index (χ1) is 7.00. The van der Waals surface area contributed by atoms with Crippen molar-refractivity contribution in [2.75, 3.05) is 5.73 Å². The van der Waals surface area contributed by atoms with E-state index >= 15 is 0 Å². The highest BCUT2D eigenvalue weighted by Gasteiger charge is 2.14. The number of nitrogen functional groups attached to an aromatic ring is 1. The Hall–Kier alpha value is -1.78. The quantitative estimate of drug-likeness (QED) is 0.681. The number of aryl methyl sites for hydroxylation is 1. The number of fused-ring (bicyclic) bond motifs is 1. The van der Waals surface area contributed by atoms with E-state index in [1.807, 2.05) is 0 Å². The molecule has 0 aliphatic heterocycles. The number of nitrogens with two attached hydrogens (primary N) is 1. The van der Waals surface area contributed by atoms with Crippen LogP contribution in [0.3, 0.4) is 0 Å². The van der Waals surface area contributed by atoms with E-state index < -0.39 is 17.5 Å². The summed E-state index contributed by atoms with van der Waals surface area (Å²) in [6.45, 7) is 1.61. The second kappa shape index (κ2) is 3.12. The predicted octanol–water partition coefficient (Wildman–Crippen LogP) is 2.54. The van der Waals surface area contributed by atoms with Crippen LogP contribution in [0.1, 0.15) is 5.56 Å². The van der Waals surface area contributed by atoms with Crippen molar-refractivity contribution in [1.82, 2.24) is 4.98 Å². The van der Waals surface area contributed by atoms with Gasteiger partial charge in [-0.1, -0.05) is 0 Å². The predicted molar refractivity (Wildman–Crippen MR) is 50.8 cm³/mol. The molecule has 0 unspecified atom stereocenters. The maximum absolute atomic E-state index is 13.3. The molecule has 0 bridgehead atoms. The molecule has 1 heterocycles. The van der Waals surface area contributed by atoms with Gasteiger partial charge in [-0.05, 0) is 18.6 Å². The molecule has 0 saturated carbocycles. The summed E-state index contributed by atoms with van der Waals surface area (Å²) in [6, 6.07) is 1.84. The van der Waals surface area contributed by atoms with Gasteiger partial charge in [0.05, 0.1) is 0 Å². The number of hydrogen-bond acceptors (Lipinski definition) is 2. The number of hydrogen-bond donors (Lipinski definition) is 1. The molecule has 2 nitrogen and oxygen atoms in total. The zero-order valence-electron chi connectivity index (χ0n) is 7.81. The van der Waals surface area contributed by atoms with Crippen LogP contribution in [0.2, 0.25) is 0 Å². The lowest BCUT2D eigenvalue weighted by Gasteiger charge is -2.05. The van der Waals surface area contributed by atoms with Gasteiger partial charge in [-0.2, -0.15) is 0 Å². The van der Waals surface area contributed by atoms with Crippen molar-refractivity contribution in [3.8, 4) is 0 Å². The Balaban J connectivity index is 2.97. The van der Waals surface area contributed by atoms with E-state index in [-0.39, 0.29) is 16.7 Å². The van der Waals surface area contributed by atoms with Gasteiger partial charge < -0.3 is 5.73 Å². The molecule has 2 N–H and O–H groups in total. The molecule has 0 aliphatic carbocycles. The molecule has 78 valence electrons. The standard InChI is InChI=1S/C10H7F3N2/c1-4-2-5-6(11)3-7(12)8(13)9(5)15-10(4)14/h2-3H,1H3,(H2,14,15). The SMILES string of the molecule is Cc1cc2c(F)cc(F)c(F)c2nc1N. The largest absolute Gasteiger partial charge is 0.383 e. The summed E-state index contributed by atoms with van der Waals surface area (Å²) in [4.78, 5) is 3.62. The lowest BCUT2D eigenvalue weighted by atomic mass is 10.1. The third-order valence-electron chi connectivity index (χ3n) is 2.18. The third kappa shape index (κ3) is 1.40. The highest BCUT2D eigenvalue weighted by Crippen LogP contribution is 2.24. The summed E-state index contributed by atoms with van der Waals surface area (Å²) in [7, 11) is 0. The van der Waals surface area contributed by atoms with Crippen LogP contribution in [0.15, 0.2) is 12.1 Å². The highest BCUT2D eigenvalue weighted by molar-refractivity contribution is 5.82. The highest BCUT2D eigenvalue weighted by atomic mass is 19.2. The lowest BCUT2D eigenvalue weighted by molar-refractivity contribution is 0.504. The second-order valence-electron chi connectivity index (χ2n) is 3.24. The first-order valence-corrected chi connectivity index (χ1v) is 4.21. The molecule has 1 aromatic carbocycles. The van der Waals surface area contributed by atoms with Crippen LogP contribution in [0.4, 0.5) is 19.0 Å². The van der Waals surface area contributed by atoms with Gasteiger partial charge in [0.1, 0.15) is 17.2 Å². The molecule has 0 spiro atoms. The normalized spacial score (nSPS) is 10.9. The number of rotatable bonds is 0. The average Bonchev–Trinajstić information content (AvgIpc) is 2.18. The third-order valence-corrected chi connectivity index (χ3v) is 2.18. The smallest absolute Gasteiger partial charge is 0.185 e. The van der Waals surface area contributed by atoms with Crippen molar-refractivity contribution in [3.63, 3.8) is 0 Å². The van der Waals surface area contributed by atoms with E-state index in [0.29, 0.717) is 11.6 Å². The van der Waals surface area contributed by atoms with E-state index in [2.05, 4.69) is 4.98 Å². The molecule has 0 aliphatic rings. The number of aromatic nitrogens is 1. The Labute approximate surface area is 83.5 Å². The summed E-state index contributed by atoms with van der Waals surface area (Å²) in [6.07, 6.45) is 0. The Kier molecular flexibility index (Phi) is 2.03. The van der Waals surface area contributed by atoms with Gasteiger partial charge in [0.2, 0.25) is 0 Å². The molecule has 2 rings (SSSR count). The van der Waals surface area contributed by atoms with Gasteiger partial charge in [-0.3, -0.25) is 0 Å². The zero-order valence-corrected chi connectivity index (χ0v) is 7.81. The van der Waals surface area contributed by atoms with Crippen LogP contribution in [0.25, 0.3) is 10.9 Å². The van der Waals surface area contributed by atoms with Crippen LogP contribution in [-0.2, 0) is 0 Å². The van der Waals surface area contributed by atoms with Gasteiger partial charge in [-0.15, -0.1) is 0 Å². The van der Waals surface area contributed by atoms with Crippen LogP contribution in [-0.4, -0.2) is 4.98 Å². The fraction of sp³-hybridized carbons (Fsp3) is 0.100.